The number of hydrogen-bond donors (Lipinski definition) is 3. The lowest BCUT2D eigenvalue weighted by molar-refractivity contribution is 0.0145. The second-order valence-electron chi connectivity index (χ2n) is 5.12. The summed E-state index contributed by atoms with van der Waals surface area (Å²) in [6.07, 6.45) is -1.72. The van der Waals surface area contributed by atoms with E-state index >= 15 is 0 Å². The Bertz CT molecular complexity index is 371. The van der Waals surface area contributed by atoms with Crippen LogP contribution in [0.3, 0.4) is 0 Å². The second-order valence-corrected chi connectivity index (χ2v) is 5.84. The molecule has 0 aromatic carbocycles. The van der Waals surface area contributed by atoms with Crippen LogP contribution in [0.2, 0.25) is 0 Å². The topological polar surface area (TPSA) is 76.8 Å². The molecule has 1 fully saturated rings. The number of aromatic nitrogens is 1. The normalized spacial score (nSPS) is 33.4. The summed E-state index contributed by atoms with van der Waals surface area (Å²) in [5, 5.41) is 31.5. The number of aliphatic hydroxyl groups is 3. The minimum absolute atomic E-state index is 0.154. The maximum absolute atomic E-state index is 10.1. The number of hydrogen-bond acceptors (Lipinski definition) is 6. The molecule has 1 aromatic heterocycles. The molecule has 102 valence electrons. The van der Waals surface area contributed by atoms with Crippen LogP contribution in [0.25, 0.3) is 0 Å². The third kappa shape index (κ3) is 2.44. The summed E-state index contributed by atoms with van der Waals surface area (Å²) in [5.41, 5.74) is 2.67. The molecule has 5 nitrogen and oxygen atoms in total. The molecule has 0 amide bonds. The molecule has 0 bridgehead atoms. The minimum Gasteiger partial charge on any atom is -0.395 e. The monoisotopic (exact) mass is 272 g/mol. The van der Waals surface area contributed by atoms with Crippen LogP contribution in [0.5, 0.6) is 0 Å². The van der Waals surface area contributed by atoms with Crippen LogP contribution in [-0.4, -0.2) is 56.1 Å². The highest BCUT2D eigenvalue weighted by molar-refractivity contribution is 7.07. The van der Waals surface area contributed by atoms with Crippen LogP contribution in [-0.2, 0) is 6.54 Å². The van der Waals surface area contributed by atoms with Crippen molar-refractivity contribution >= 4 is 11.3 Å². The van der Waals surface area contributed by atoms with Crippen LogP contribution >= 0.6 is 11.3 Å². The molecule has 1 aromatic rings. The predicted molar refractivity (Wildman–Crippen MR) is 69.2 cm³/mol. The first-order valence-electron chi connectivity index (χ1n) is 6.16. The quantitative estimate of drug-likeness (QED) is 0.723. The van der Waals surface area contributed by atoms with E-state index in [2.05, 4.69) is 4.98 Å². The molecule has 0 aliphatic carbocycles. The average molecular weight is 272 g/mol. The lowest BCUT2D eigenvalue weighted by atomic mass is 9.98. The van der Waals surface area contributed by atoms with Crippen LogP contribution in [0.15, 0.2) is 10.9 Å². The van der Waals surface area contributed by atoms with E-state index < -0.39 is 18.2 Å². The van der Waals surface area contributed by atoms with Gasteiger partial charge in [0.25, 0.3) is 0 Å². The van der Waals surface area contributed by atoms with Gasteiger partial charge in [-0.15, -0.1) is 11.3 Å². The van der Waals surface area contributed by atoms with Gasteiger partial charge in [0.1, 0.15) is 0 Å². The first kappa shape index (κ1) is 13.9. The van der Waals surface area contributed by atoms with Gasteiger partial charge in [-0.2, -0.15) is 0 Å². The van der Waals surface area contributed by atoms with Crippen molar-refractivity contribution in [1.29, 1.82) is 0 Å². The third-order valence-electron chi connectivity index (χ3n) is 3.60. The van der Waals surface area contributed by atoms with Crippen LogP contribution < -0.4 is 0 Å². The Morgan fingerprint density at radius 1 is 1.39 bits per heavy atom. The average Bonchev–Trinajstić information content (AvgIpc) is 2.88. The first-order chi connectivity index (χ1) is 8.56. The fourth-order valence-corrected chi connectivity index (χ4v) is 3.31. The highest BCUT2D eigenvalue weighted by atomic mass is 32.1. The van der Waals surface area contributed by atoms with Gasteiger partial charge >= 0.3 is 0 Å². The maximum Gasteiger partial charge on any atom is 0.0991 e. The Morgan fingerprint density at radius 3 is 2.61 bits per heavy atom. The van der Waals surface area contributed by atoms with Gasteiger partial charge in [-0.05, 0) is 5.92 Å². The van der Waals surface area contributed by atoms with Crippen molar-refractivity contribution < 1.29 is 15.3 Å². The largest absolute Gasteiger partial charge is 0.395 e. The van der Waals surface area contributed by atoms with Crippen molar-refractivity contribution in [2.24, 2.45) is 5.92 Å². The van der Waals surface area contributed by atoms with Crippen molar-refractivity contribution in [3.63, 3.8) is 0 Å². The van der Waals surface area contributed by atoms with Gasteiger partial charge < -0.3 is 15.3 Å². The first-order valence-corrected chi connectivity index (χ1v) is 7.10. The standard InChI is InChI=1S/C12H20N2O3S/c1-7(2)10-12(17)11(16)9(4-15)14(10)3-8-5-18-6-13-8/h5-7,9-12,15-17H,3-4H2,1-2H3/t9-,10+,11-,12+/m1/s1. The molecule has 4 atom stereocenters. The SMILES string of the molecule is CC(C)[C@H]1[C@H](O)[C@H](O)[C@@H](CO)N1Cc1cscn1. The molecule has 3 N–H and O–H groups in total. The number of thiazole rings is 1. The van der Waals surface area contributed by atoms with Gasteiger partial charge in [0.15, 0.2) is 0 Å². The summed E-state index contributed by atoms with van der Waals surface area (Å²) < 4.78 is 0. The fourth-order valence-electron chi connectivity index (χ4n) is 2.76. The van der Waals surface area contributed by atoms with E-state index in [0.29, 0.717) is 6.54 Å². The van der Waals surface area contributed by atoms with E-state index in [1.54, 1.807) is 5.51 Å². The second kappa shape index (κ2) is 5.63. The molecule has 0 radical (unpaired) electrons. The molecule has 0 saturated carbocycles. The van der Waals surface area contributed by atoms with Gasteiger partial charge in [0.05, 0.1) is 36.1 Å². The molecule has 1 saturated heterocycles. The maximum atomic E-state index is 10.1. The lowest BCUT2D eigenvalue weighted by Gasteiger charge is -2.31. The van der Waals surface area contributed by atoms with Crippen LogP contribution in [0.4, 0.5) is 0 Å². The molecule has 0 spiro atoms. The molecule has 1 aliphatic rings. The van der Waals surface area contributed by atoms with Crippen molar-refractivity contribution in [1.82, 2.24) is 9.88 Å². The number of likely N-dealkylation sites (tertiary alicyclic amines) is 1. The van der Waals surface area contributed by atoms with E-state index in [1.165, 1.54) is 11.3 Å². The number of aliphatic hydroxyl groups excluding tert-OH is 3. The highest BCUT2D eigenvalue weighted by Gasteiger charge is 2.48. The van der Waals surface area contributed by atoms with Crippen molar-refractivity contribution in [3.05, 3.63) is 16.6 Å². The molecule has 1 aliphatic heterocycles. The third-order valence-corrected chi connectivity index (χ3v) is 4.24. The van der Waals surface area contributed by atoms with E-state index in [-0.39, 0.29) is 18.6 Å². The van der Waals surface area contributed by atoms with Crippen molar-refractivity contribution in [3.8, 4) is 0 Å². The van der Waals surface area contributed by atoms with Gasteiger partial charge in [0.2, 0.25) is 0 Å². The molecule has 0 unspecified atom stereocenters. The van der Waals surface area contributed by atoms with Gasteiger partial charge in [-0.25, -0.2) is 4.98 Å². The molecule has 18 heavy (non-hydrogen) atoms. The predicted octanol–water partition coefficient (Wildman–Crippen LogP) is 0.0660. The Labute approximate surface area is 111 Å². The van der Waals surface area contributed by atoms with Crippen LogP contribution in [0, 0.1) is 5.92 Å². The Morgan fingerprint density at radius 2 is 2.11 bits per heavy atom. The van der Waals surface area contributed by atoms with Gasteiger partial charge in [-0.3, -0.25) is 4.90 Å². The molecule has 6 heteroatoms. The van der Waals surface area contributed by atoms with Gasteiger partial charge in [0, 0.05) is 18.0 Å². The zero-order chi connectivity index (χ0) is 13.3. The summed E-state index contributed by atoms with van der Waals surface area (Å²) >= 11 is 1.52. The van der Waals surface area contributed by atoms with Crippen molar-refractivity contribution in [2.75, 3.05) is 6.61 Å². The van der Waals surface area contributed by atoms with E-state index in [4.69, 9.17) is 0 Å². The Hall–Kier alpha value is -0.530. The Balaban J connectivity index is 2.21. The minimum atomic E-state index is -0.902. The lowest BCUT2D eigenvalue weighted by Crippen LogP contribution is -2.43. The summed E-state index contributed by atoms with van der Waals surface area (Å²) in [4.78, 5) is 6.19. The summed E-state index contributed by atoms with van der Waals surface area (Å²) in [7, 11) is 0. The summed E-state index contributed by atoms with van der Waals surface area (Å²) in [5.74, 6) is 0.199. The zero-order valence-corrected chi connectivity index (χ0v) is 11.4. The zero-order valence-electron chi connectivity index (χ0n) is 10.6. The van der Waals surface area contributed by atoms with E-state index in [0.717, 1.165) is 5.69 Å². The number of nitrogens with zero attached hydrogens (tertiary/aromatic N) is 2. The molecule has 2 rings (SSSR count). The molecular formula is C12H20N2O3S. The Kier molecular flexibility index (Phi) is 4.34. The number of rotatable bonds is 4. The van der Waals surface area contributed by atoms with Crippen LogP contribution in [0.1, 0.15) is 19.5 Å². The summed E-state index contributed by atoms with van der Waals surface area (Å²) in [6.45, 7) is 4.40. The van der Waals surface area contributed by atoms with Crippen molar-refractivity contribution in [2.45, 2.75) is 44.7 Å². The summed E-state index contributed by atoms with van der Waals surface area (Å²) in [6, 6.07) is -0.576. The van der Waals surface area contributed by atoms with Gasteiger partial charge in [-0.1, -0.05) is 13.8 Å². The van der Waals surface area contributed by atoms with E-state index in [1.807, 2.05) is 24.1 Å². The molecule has 2 heterocycles. The smallest absolute Gasteiger partial charge is 0.0991 e. The van der Waals surface area contributed by atoms with E-state index in [9.17, 15) is 15.3 Å². The molecular weight excluding hydrogens is 252 g/mol. The highest BCUT2D eigenvalue weighted by Crippen LogP contribution is 2.31. The fraction of sp³-hybridized carbons (Fsp3) is 0.750.